The number of nitrogens with zero attached hydrogens (tertiary/aromatic N) is 2. The monoisotopic (exact) mass is 668 g/mol. The van der Waals surface area contributed by atoms with Crippen molar-refractivity contribution in [3.63, 3.8) is 0 Å². The van der Waals surface area contributed by atoms with E-state index in [2.05, 4.69) is 168 Å². The first-order chi connectivity index (χ1) is 25.3. The third-order valence-corrected chi connectivity index (χ3v) is 11.3. The van der Waals surface area contributed by atoms with Crippen LogP contribution in [0.2, 0.25) is 0 Å². The number of fused-ring (bicyclic) bond motifs is 10. The first-order valence-electron chi connectivity index (χ1n) is 17.2. The normalized spacial score (nSPS) is 11.9. The lowest BCUT2D eigenvalue weighted by molar-refractivity contribution is 0.621. The van der Waals surface area contributed by atoms with E-state index < -0.39 is 0 Å². The zero-order valence-electron chi connectivity index (χ0n) is 27.4. The topological polar surface area (TPSA) is 31.0 Å². The van der Waals surface area contributed by atoms with Gasteiger partial charge in [0.2, 0.25) is 5.89 Å². The van der Waals surface area contributed by atoms with Gasteiger partial charge in [0, 0.05) is 53.1 Å². The largest absolute Gasteiger partial charge is 0.435 e. The van der Waals surface area contributed by atoms with E-state index in [1.807, 2.05) is 17.4 Å². The molecule has 0 atom stereocenters. The van der Waals surface area contributed by atoms with Crippen LogP contribution in [0.25, 0.3) is 103 Å². The van der Waals surface area contributed by atoms with E-state index in [1.165, 1.54) is 58.5 Å². The molecule has 238 valence electrons. The van der Waals surface area contributed by atoms with E-state index >= 15 is 0 Å². The van der Waals surface area contributed by atoms with Crippen molar-refractivity contribution in [1.82, 2.24) is 9.55 Å². The van der Waals surface area contributed by atoms with Crippen molar-refractivity contribution in [3.05, 3.63) is 170 Å². The number of hydrogen-bond acceptors (Lipinski definition) is 3. The molecule has 0 spiro atoms. The van der Waals surface area contributed by atoms with E-state index in [4.69, 9.17) is 9.40 Å². The number of aromatic nitrogens is 2. The van der Waals surface area contributed by atoms with Crippen LogP contribution in [0.15, 0.2) is 174 Å². The highest BCUT2D eigenvalue weighted by Gasteiger charge is 2.21. The number of thiophene rings is 1. The van der Waals surface area contributed by atoms with E-state index in [-0.39, 0.29) is 0 Å². The molecule has 0 radical (unpaired) electrons. The van der Waals surface area contributed by atoms with Crippen LogP contribution < -0.4 is 0 Å². The maximum atomic E-state index is 6.74. The molecular weight excluding hydrogens is 641 g/mol. The predicted molar refractivity (Wildman–Crippen MR) is 215 cm³/mol. The van der Waals surface area contributed by atoms with Gasteiger partial charge in [-0.2, -0.15) is 0 Å². The Kier molecular flexibility index (Phi) is 6.12. The second-order valence-corrected chi connectivity index (χ2v) is 14.2. The molecule has 3 nitrogen and oxygen atoms in total. The van der Waals surface area contributed by atoms with Crippen LogP contribution in [0.4, 0.5) is 0 Å². The number of hydrogen-bond donors (Lipinski definition) is 0. The smallest absolute Gasteiger partial charge is 0.227 e. The number of para-hydroxylation sites is 1. The summed E-state index contributed by atoms with van der Waals surface area (Å²) in [7, 11) is 0. The molecule has 4 heteroatoms. The summed E-state index contributed by atoms with van der Waals surface area (Å²) in [5.74, 6) is 0.622. The molecule has 51 heavy (non-hydrogen) atoms. The minimum Gasteiger partial charge on any atom is -0.435 e. The number of rotatable bonds is 4. The Hall–Kier alpha value is -6.49. The van der Waals surface area contributed by atoms with E-state index in [9.17, 15) is 0 Å². The molecule has 0 aliphatic carbocycles. The third kappa shape index (κ3) is 4.27. The van der Waals surface area contributed by atoms with Gasteiger partial charge in [-0.3, -0.25) is 0 Å². The molecule has 3 heterocycles. The molecule has 0 N–H and O–H groups in total. The Labute approximate surface area is 297 Å². The van der Waals surface area contributed by atoms with Gasteiger partial charge in [0.05, 0.1) is 11.0 Å². The van der Waals surface area contributed by atoms with Gasteiger partial charge in [0.1, 0.15) is 5.52 Å². The van der Waals surface area contributed by atoms with Crippen LogP contribution in [0.5, 0.6) is 0 Å². The molecule has 3 aromatic heterocycles. The summed E-state index contributed by atoms with van der Waals surface area (Å²) < 4.78 is 11.6. The highest BCUT2D eigenvalue weighted by molar-refractivity contribution is 7.26. The predicted octanol–water partition coefficient (Wildman–Crippen LogP) is 13.4. The molecule has 0 unspecified atom stereocenters. The van der Waals surface area contributed by atoms with Crippen LogP contribution in [-0.4, -0.2) is 9.55 Å². The summed E-state index contributed by atoms with van der Waals surface area (Å²) >= 11 is 1.81. The summed E-state index contributed by atoms with van der Waals surface area (Å²) in [4.78, 5) is 5.22. The van der Waals surface area contributed by atoms with Crippen LogP contribution in [-0.2, 0) is 0 Å². The lowest BCUT2D eigenvalue weighted by Gasteiger charge is -2.13. The fourth-order valence-electron chi connectivity index (χ4n) is 7.94. The fourth-order valence-corrected chi connectivity index (χ4v) is 9.08. The van der Waals surface area contributed by atoms with E-state index in [0.29, 0.717) is 5.89 Å². The average Bonchev–Trinajstić information content (AvgIpc) is 3.90. The second kappa shape index (κ2) is 11.0. The molecule has 8 aromatic carbocycles. The van der Waals surface area contributed by atoms with Crippen LogP contribution in [0.3, 0.4) is 0 Å². The SMILES string of the molecule is c1ccc(-c2cc3c4ccccc4n(-c4ccc(-c5nc6c(o5)c(-c5ccccc5)cc5sc7ccccc7c56)cc4)c3c3ccccc23)cc1. The van der Waals surface area contributed by atoms with Gasteiger partial charge in [-0.25, -0.2) is 4.98 Å². The molecular formula is C47H28N2OS. The molecule has 0 amide bonds. The summed E-state index contributed by atoms with van der Waals surface area (Å²) in [6, 6.07) is 60.6. The molecule has 0 aliphatic heterocycles. The molecule has 0 saturated heterocycles. The van der Waals surface area contributed by atoms with Crippen LogP contribution in [0, 0.1) is 0 Å². The first-order valence-corrected chi connectivity index (χ1v) is 18.0. The fraction of sp³-hybridized carbons (Fsp3) is 0. The van der Waals surface area contributed by atoms with Gasteiger partial charge in [0.15, 0.2) is 5.58 Å². The van der Waals surface area contributed by atoms with Crippen molar-refractivity contribution < 1.29 is 4.42 Å². The van der Waals surface area contributed by atoms with Crippen molar-refractivity contribution in [2.24, 2.45) is 0 Å². The van der Waals surface area contributed by atoms with Gasteiger partial charge >= 0.3 is 0 Å². The minimum absolute atomic E-state index is 0.622. The standard InChI is InChI=1S/C47H28N2OS/c1-3-13-29(14-4-1)37-27-39-34-18-9-11-21-40(34)49(45(39)35-19-8-7-17-33(35)37)32-25-23-31(24-26-32)47-48-44-43-36-20-10-12-22-41(36)51-42(43)28-38(46(44)50-47)30-15-5-2-6-16-30/h1-28H. The van der Waals surface area contributed by atoms with E-state index in [0.717, 1.165) is 38.9 Å². The average molecular weight is 669 g/mol. The highest BCUT2D eigenvalue weighted by Crippen LogP contribution is 2.45. The van der Waals surface area contributed by atoms with Crippen molar-refractivity contribution in [2.75, 3.05) is 0 Å². The molecule has 0 fully saturated rings. The summed E-state index contributed by atoms with van der Waals surface area (Å²) in [5, 5.41) is 7.32. The Balaban J connectivity index is 1.12. The molecule has 0 saturated carbocycles. The second-order valence-electron chi connectivity index (χ2n) is 13.1. The summed E-state index contributed by atoms with van der Waals surface area (Å²) in [6.07, 6.45) is 0. The van der Waals surface area contributed by atoms with Gasteiger partial charge in [-0.1, -0.05) is 121 Å². The summed E-state index contributed by atoms with van der Waals surface area (Å²) in [6.45, 7) is 0. The number of oxazole rings is 1. The number of benzene rings is 8. The Morgan fingerprint density at radius 3 is 1.86 bits per heavy atom. The molecule has 11 rings (SSSR count). The van der Waals surface area contributed by atoms with Crippen LogP contribution in [0.1, 0.15) is 0 Å². The zero-order valence-corrected chi connectivity index (χ0v) is 28.2. The Bertz CT molecular complexity index is 3110. The maximum Gasteiger partial charge on any atom is 0.227 e. The first kappa shape index (κ1) is 28.4. The third-order valence-electron chi connectivity index (χ3n) is 10.2. The van der Waals surface area contributed by atoms with Crippen molar-refractivity contribution in [1.29, 1.82) is 0 Å². The maximum absolute atomic E-state index is 6.74. The highest BCUT2D eigenvalue weighted by atomic mass is 32.1. The van der Waals surface area contributed by atoms with Crippen molar-refractivity contribution in [3.8, 4) is 39.4 Å². The Morgan fingerprint density at radius 1 is 0.471 bits per heavy atom. The quantitative estimate of drug-likeness (QED) is 0.187. The van der Waals surface area contributed by atoms with Gasteiger partial charge in [-0.15, -0.1) is 11.3 Å². The van der Waals surface area contributed by atoms with Crippen LogP contribution >= 0.6 is 11.3 Å². The lowest BCUT2D eigenvalue weighted by atomic mass is 9.95. The minimum atomic E-state index is 0.622. The van der Waals surface area contributed by atoms with Gasteiger partial charge in [-0.05, 0) is 70.6 Å². The summed E-state index contributed by atoms with van der Waals surface area (Å²) in [5.41, 5.74) is 10.8. The lowest BCUT2D eigenvalue weighted by Crippen LogP contribution is -1.95. The molecule has 0 bridgehead atoms. The van der Waals surface area contributed by atoms with Crippen molar-refractivity contribution in [2.45, 2.75) is 0 Å². The zero-order chi connectivity index (χ0) is 33.5. The molecule has 0 aliphatic rings. The van der Waals surface area contributed by atoms with Gasteiger partial charge in [0.25, 0.3) is 0 Å². The van der Waals surface area contributed by atoms with Gasteiger partial charge < -0.3 is 8.98 Å². The molecule has 11 aromatic rings. The van der Waals surface area contributed by atoms with E-state index in [1.54, 1.807) is 0 Å². The van der Waals surface area contributed by atoms with Crippen molar-refractivity contribution >= 4 is 75.2 Å². The Morgan fingerprint density at radius 2 is 1.10 bits per heavy atom.